The van der Waals surface area contributed by atoms with Crippen molar-refractivity contribution in [3.63, 3.8) is 0 Å². The summed E-state index contributed by atoms with van der Waals surface area (Å²) in [5.74, 6) is -0.393. The Kier molecular flexibility index (Phi) is 5.42. The van der Waals surface area contributed by atoms with E-state index < -0.39 is 11.9 Å². The van der Waals surface area contributed by atoms with Gasteiger partial charge < -0.3 is 9.47 Å². The van der Waals surface area contributed by atoms with Gasteiger partial charge in [-0.3, -0.25) is 4.90 Å². The molecule has 0 radical (unpaired) electrons. The Hall–Kier alpha value is -1.78. The fourth-order valence-electron chi connectivity index (χ4n) is 2.53. The second-order valence-electron chi connectivity index (χ2n) is 5.26. The van der Waals surface area contributed by atoms with Crippen LogP contribution in [-0.2, 0) is 4.74 Å². The van der Waals surface area contributed by atoms with Gasteiger partial charge in [0.25, 0.3) is 0 Å². The van der Waals surface area contributed by atoms with Crippen molar-refractivity contribution in [3.05, 3.63) is 24.0 Å². The first-order valence-electron chi connectivity index (χ1n) is 7.48. The number of nitrogens with zero attached hydrogens (tertiary/aromatic N) is 1. The van der Waals surface area contributed by atoms with Gasteiger partial charge >= 0.3 is 6.09 Å². The van der Waals surface area contributed by atoms with Gasteiger partial charge in [-0.2, -0.15) is 0 Å². The molecule has 4 nitrogen and oxygen atoms in total. The molecule has 1 aromatic rings. The number of amides is 1. The van der Waals surface area contributed by atoms with Gasteiger partial charge in [-0.15, -0.1) is 0 Å². The number of cyclic esters (lactones) is 1. The van der Waals surface area contributed by atoms with Crippen molar-refractivity contribution in [2.75, 3.05) is 18.6 Å². The summed E-state index contributed by atoms with van der Waals surface area (Å²) in [5, 5.41) is 0. The van der Waals surface area contributed by atoms with Crippen LogP contribution in [0.25, 0.3) is 0 Å². The molecule has 0 bridgehead atoms. The normalized spacial score (nSPS) is 18.0. The Morgan fingerprint density at radius 1 is 1.38 bits per heavy atom. The lowest BCUT2D eigenvalue weighted by atomic mass is 10.1. The molecule has 1 amide bonds. The van der Waals surface area contributed by atoms with Gasteiger partial charge in [-0.25, -0.2) is 9.18 Å². The summed E-state index contributed by atoms with van der Waals surface area (Å²) in [6.07, 6.45) is 4.72. The van der Waals surface area contributed by atoms with E-state index in [1.165, 1.54) is 30.9 Å². The summed E-state index contributed by atoms with van der Waals surface area (Å²) in [4.78, 5) is 13.3. The van der Waals surface area contributed by atoms with E-state index >= 15 is 0 Å². The molecule has 116 valence electrons. The van der Waals surface area contributed by atoms with Crippen LogP contribution in [0.4, 0.5) is 14.9 Å². The highest BCUT2D eigenvalue weighted by molar-refractivity contribution is 5.90. The minimum absolute atomic E-state index is 0.131. The maximum atomic E-state index is 14.2. The minimum atomic E-state index is -0.524. The molecular weight excluding hydrogens is 273 g/mol. The van der Waals surface area contributed by atoms with Crippen molar-refractivity contribution in [1.82, 2.24) is 0 Å². The van der Waals surface area contributed by atoms with Crippen molar-refractivity contribution in [3.8, 4) is 5.75 Å². The lowest BCUT2D eigenvalue weighted by Crippen LogP contribution is -2.25. The highest BCUT2D eigenvalue weighted by Gasteiger charge is 2.33. The van der Waals surface area contributed by atoms with Crippen LogP contribution in [0.2, 0.25) is 0 Å². The largest absolute Gasteiger partial charge is 0.494 e. The third-order valence-electron chi connectivity index (χ3n) is 3.71. The van der Waals surface area contributed by atoms with Crippen LogP contribution in [-0.4, -0.2) is 25.9 Å². The van der Waals surface area contributed by atoms with Crippen LogP contribution in [0.1, 0.15) is 39.0 Å². The van der Waals surface area contributed by atoms with Crippen LogP contribution in [0.3, 0.4) is 0 Å². The molecule has 1 fully saturated rings. The van der Waals surface area contributed by atoms with E-state index in [-0.39, 0.29) is 17.5 Å². The fourth-order valence-corrected chi connectivity index (χ4v) is 2.53. The first-order chi connectivity index (χ1) is 10.2. The number of hydrogen-bond acceptors (Lipinski definition) is 3. The van der Waals surface area contributed by atoms with E-state index in [0.717, 1.165) is 19.3 Å². The average Bonchev–Trinajstić information content (AvgIpc) is 2.85. The Labute approximate surface area is 124 Å². The van der Waals surface area contributed by atoms with E-state index in [0.29, 0.717) is 6.54 Å². The van der Waals surface area contributed by atoms with Crippen molar-refractivity contribution >= 4 is 11.8 Å². The van der Waals surface area contributed by atoms with E-state index in [9.17, 15) is 9.18 Å². The minimum Gasteiger partial charge on any atom is -0.494 e. The zero-order valence-corrected chi connectivity index (χ0v) is 12.6. The van der Waals surface area contributed by atoms with Gasteiger partial charge in [-0.05, 0) is 25.0 Å². The topological polar surface area (TPSA) is 38.8 Å². The van der Waals surface area contributed by atoms with Gasteiger partial charge in [0.15, 0.2) is 11.6 Å². The molecule has 1 saturated heterocycles. The molecule has 0 spiro atoms. The van der Waals surface area contributed by atoms with Crippen molar-refractivity contribution in [2.24, 2.45) is 0 Å². The Bertz CT molecular complexity index is 492. The third-order valence-corrected chi connectivity index (χ3v) is 3.71. The second-order valence-corrected chi connectivity index (χ2v) is 5.26. The zero-order chi connectivity index (χ0) is 15.2. The molecule has 1 unspecified atom stereocenters. The summed E-state index contributed by atoms with van der Waals surface area (Å²) in [5.41, 5.74) is 0.218. The number of carbonyl (C=O) groups excluding carboxylic acids is 1. The quantitative estimate of drug-likeness (QED) is 0.710. The smallest absolute Gasteiger partial charge is 0.414 e. The van der Waals surface area contributed by atoms with Crippen LogP contribution < -0.4 is 9.64 Å². The molecule has 0 aliphatic carbocycles. The first kappa shape index (κ1) is 15.6. The maximum Gasteiger partial charge on any atom is 0.414 e. The van der Waals surface area contributed by atoms with E-state index in [1.54, 1.807) is 12.1 Å². The van der Waals surface area contributed by atoms with E-state index in [4.69, 9.17) is 9.47 Å². The summed E-state index contributed by atoms with van der Waals surface area (Å²) in [6, 6.07) is 4.76. The van der Waals surface area contributed by atoms with Crippen molar-refractivity contribution < 1.29 is 18.7 Å². The van der Waals surface area contributed by atoms with Crippen LogP contribution in [0.15, 0.2) is 18.2 Å². The monoisotopic (exact) mass is 295 g/mol. The molecule has 21 heavy (non-hydrogen) atoms. The van der Waals surface area contributed by atoms with E-state index in [1.807, 2.05) is 0 Å². The number of ether oxygens (including phenoxy) is 2. The summed E-state index contributed by atoms with van der Waals surface area (Å²) < 4.78 is 24.5. The lowest BCUT2D eigenvalue weighted by molar-refractivity contribution is 0.135. The van der Waals surface area contributed by atoms with Gasteiger partial charge in [0.2, 0.25) is 0 Å². The number of rotatable bonds is 7. The van der Waals surface area contributed by atoms with E-state index in [2.05, 4.69) is 6.92 Å². The molecule has 1 heterocycles. The standard InChI is InChI=1S/C16H22FNO3/c1-3-4-5-6-8-12-11-18(16(19)21-12)13-9-7-10-14(20-2)15(13)17/h7,9-10,12H,3-6,8,11H2,1-2H3. The fraction of sp³-hybridized carbons (Fsp3) is 0.562. The van der Waals surface area contributed by atoms with Gasteiger partial charge in [0, 0.05) is 0 Å². The SMILES string of the molecule is CCCCCCC1CN(c2cccc(OC)c2F)C(=O)O1. The first-order valence-corrected chi connectivity index (χ1v) is 7.48. The third kappa shape index (κ3) is 3.65. The second kappa shape index (κ2) is 7.29. The predicted molar refractivity (Wildman–Crippen MR) is 79.3 cm³/mol. The summed E-state index contributed by atoms with van der Waals surface area (Å²) in [7, 11) is 1.40. The number of carbonyl (C=O) groups is 1. The van der Waals surface area contributed by atoms with Gasteiger partial charge in [-0.1, -0.05) is 32.3 Å². The van der Waals surface area contributed by atoms with Crippen molar-refractivity contribution in [1.29, 1.82) is 0 Å². The predicted octanol–water partition coefficient (Wildman–Crippen LogP) is 4.13. The molecule has 5 heteroatoms. The van der Waals surface area contributed by atoms with Crippen LogP contribution >= 0.6 is 0 Å². The van der Waals surface area contributed by atoms with Crippen LogP contribution in [0.5, 0.6) is 5.75 Å². The number of methoxy groups -OCH3 is 1. The number of benzene rings is 1. The highest BCUT2D eigenvalue weighted by Crippen LogP contribution is 2.31. The molecule has 2 rings (SSSR count). The number of unbranched alkanes of at least 4 members (excludes halogenated alkanes) is 3. The molecular formula is C16H22FNO3. The average molecular weight is 295 g/mol. The molecule has 1 aromatic carbocycles. The van der Waals surface area contributed by atoms with Gasteiger partial charge in [0.1, 0.15) is 6.10 Å². The summed E-state index contributed by atoms with van der Waals surface area (Å²) in [6.45, 7) is 2.55. The lowest BCUT2D eigenvalue weighted by Gasteiger charge is -2.15. The van der Waals surface area contributed by atoms with Crippen molar-refractivity contribution in [2.45, 2.75) is 45.1 Å². The summed E-state index contributed by atoms with van der Waals surface area (Å²) >= 11 is 0. The zero-order valence-electron chi connectivity index (χ0n) is 12.6. The number of halogens is 1. The molecule has 0 N–H and O–H groups in total. The Balaban J connectivity index is 2.00. The van der Waals surface area contributed by atoms with Crippen LogP contribution in [0, 0.1) is 5.82 Å². The number of anilines is 1. The highest BCUT2D eigenvalue weighted by atomic mass is 19.1. The Morgan fingerprint density at radius 3 is 2.90 bits per heavy atom. The number of hydrogen-bond donors (Lipinski definition) is 0. The van der Waals surface area contributed by atoms with Gasteiger partial charge in [0.05, 0.1) is 19.3 Å². The molecule has 1 aliphatic heterocycles. The molecule has 0 aromatic heterocycles. The molecule has 0 saturated carbocycles. The maximum absolute atomic E-state index is 14.2. The Morgan fingerprint density at radius 2 is 2.19 bits per heavy atom. The molecule has 1 atom stereocenters. The molecule has 1 aliphatic rings.